The van der Waals surface area contributed by atoms with E-state index in [9.17, 15) is 5.11 Å². The van der Waals surface area contributed by atoms with Gasteiger partial charge in [-0.25, -0.2) is 14.7 Å². The topological polar surface area (TPSA) is 78.0 Å². The largest absolute Gasteiger partial charge is 0.508 e. The highest BCUT2D eigenvalue weighted by atomic mass is 79.9. The van der Waals surface area contributed by atoms with Crippen molar-refractivity contribution in [1.82, 2.24) is 9.78 Å². The van der Waals surface area contributed by atoms with E-state index < -0.39 is 6.04 Å². The zero-order valence-corrected chi connectivity index (χ0v) is 24.4. The van der Waals surface area contributed by atoms with Crippen molar-refractivity contribution < 1.29 is 5.11 Å². The molecule has 2 aliphatic heterocycles. The van der Waals surface area contributed by atoms with Crippen molar-refractivity contribution in [3.05, 3.63) is 123 Å². The van der Waals surface area contributed by atoms with E-state index in [-0.39, 0.29) is 5.75 Å². The fraction of sp³-hybridized carbons (Fsp3) is 0.121. The molecule has 0 unspecified atom stereocenters. The number of rotatable bonds is 3. The first kappa shape index (κ1) is 25.3. The second kappa shape index (κ2) is 9.74. The van der Waals surface area contributed by atoms with Gasteiger partial charge in [0.25, 0.3) is 0 Å². The normalized spacial score (nSPS) is 15.4. The minimum absolute atomic E-state index is 0.196. The van der Waals surface area contributed by atoms with E-state index in [1.807, 2.05) is 78.3 Å². The van der Waals surface area contributed by atoms with Gasteiger partial charge in [0.2, 0.25) is 0 Å². The summed E-state index contributed by atoms with van der Waals surface area (Å²) in [5, 5.41) is 19.8. The third-order valence-corrected chi connectivity index (χ3v) is 8.06. The molecule has 0 bridgehead atoms. The van der Waals surface area contributed by atoms with Crippen LogP contribution in [0.4, 0.5) is 22.9 Å². The molecule has 0 radical (unpaired) electrons. The number of phenolic OH excluding ortho intramolecular Hbond substituents is 1. The van der Waals surface area contributed by atoms with Crippen LogP contribution in [0.15, 0.2) is 105 Å². The first-order valence-electron chi connectivity index (χ1n) is 13.4. The van der Waals surface area contributed by atoms with Crippen LogP contribution in [0.25, 0.3) is 5.69 Å². The van der Waals surface area contributed by atoms with Crippen molar-refractivity contribution >= 4 is 50.5 Å². The second-order valence-electron chi connectivity index (χ2n) is 10.4. The Morgan fingerprint density at radius 3 is 2.46 bits per heavy atom. The molecule has 0 fully saturated rings. The number of fused-ring (bicyclic) bond motifs is 4. The molecule has 0 saturated heterocycles. The number of aromatic nitrogens is 2. The van der Waals surface area contributed by atoms with Crippen LogP contribution in [-0.2, 0) is 0 Å². The molecule has 7 rings (SSSR count). The van der Waals surface area contributed by atoms with Crippen LogP contribution < -0.4 is 10.2 Å². The van der Waals surface area contributed by atoms with Crippen molar-refractivity contribution in [3.8, 4) is 11.4 Å². The number of aliphatic imine (C=N–C) groups is 2. The lowest BCUT2D eigenvalue weighted by atomic mass is 9.92. The molecule has 4 aromatic carbocycles. The summed E-state index contributed by atoms with van der Waals surface area (Å²) in [5.74, 6) is 2.18. The van der Waals surface area contributed by atoms with Crippen molar-refractivity contribution in [2.24, 2.45) is 9.98 Å². The van der Waals surface area contributed by atoms with Crippen molar-refractivity contribution in [3.63, 3.8) is 0 Å². The van der Waals surface area contributed by atoms with Crippen molar-refractivity contribution in [2.45, 2.75) is 26.8 Å². The highest BCUT2D eigenvalue weighted by molar-refractivity contribution is 9.10. The highest BCUT2D eigenvalue weighted by Crippen LogP contribution is 2.50. The summed E-state index contributed by atoms with van der Waals surface area (Å²) in [6.45, 7) is 6.15. The van der Waals surface area contributed by atoms with E-state index in [0.29, 0.717) is 17.5 Å². The first-order chi connectivity index (χ1) is 19.9. The maximum atomic E-state index is 11.3. The van der Waals surface area contributed by atoms with Crippen LogP contribution in [0.5, 0.6) is 5.75 Å². The van der Waals surface area contributed by atoms with E-state index in [0.717, 1.165) is 55.2 Å². The number of hydrogen-bond acceptors (Lipinski definition) is 6. The average molecular weight is 604 g/mol. The third-order valence-electron chi connectivity index (χ3n) is 7.57. The fourth-order valence-electron chi connectivity index (χ4n) is 5.58. The summed E-state index contributed by atoms with van der Waals surface area (Å²) in [6, 6.07) is 29.5. The van der Waals surface area contributed by atoms with E-state index in [4.69, 9.17) is 15.1 Å². The molecular formula is C33H27BrN6O. The molecule has 1 atom stereocenters. The molecule has 0 aliphatic carbocycles. The van der Waals surface area contributed by atoms with E-state index in [1.54, 1.807) is 6.07 Å². The summed E-state index contributed by atoms with van der Waals surface area (Å²) in [4.78, 5) is 12.5. The monoisotopic (exact) mass is 602 g/mol. The summed E-state index contributed by atoms with van der Waals surface area (Å²) < 4.78 is 2.75. The maximum Gasteiger partial charge on any atom is 0.179 e. The maximum absolute atomic E-state index is 11.3. The standard InChI is InChI=1S/C33H27BrN6O/c1-19-13-14-20(2)26(17-19)36-31-33-37-32-29(21(3)38-40(32)23-9-5-4-6-10-23)30(24-18-22(34)15-16-28(24)41)39(33)27-12-8-7-11-25(27)35-31/h4-18,30,41H,1-3H3,(H,35,36)/t30-/m0/s1. The van der Waals surface area contributed by atoms with Gasteiger partial charge in [0, 0.05) is 21.3 Å². The number of amidine groups is 2. The first-order valence-corrected chi connectivity index (χ1v) is 14.2. The summed E-state index contributed by atoms with van der Waals surface area (Å²) in [6.07, 6.45) is 0. The molecule has 0 saturated carbocycles. The van der Waals surface area contributed by atoms with Gasteiger partial charge in [0.1, 0.15) is 5.75 Å². The Hall–Kier alpha value is -4.69. The SMILES string of the molecule is Cc1ccc(C)c(NC2=Nc3ccccc3N3C2=Nc2c(c(C)nn2-c2ccccc2)[C@@H]3c2cc(Br)ccc2O)c1. The van der Waals surface area contributed by atoms with Gasteiger partial charge in [0.15, 0.2) is 17.5 Å². The Morgan fingerprint density at radius 1 is 0.854 bits per heavy atom. The van der Waals surface area contributed by atoms with Crippen LogP contribution in [0.1, 0.15) is 34.0 Å². The van der Waals surface area contributed by atoms with Crippen LogP contribution in [0.3, 0.4) is 0 Å². The number of benzene rings is 4. The number of halogens is 1. The smallest absolute Gasteiger partial charge is 0.179 e. The van der Waals surface area contributed by atoms with Crippen LogP contribution in [0.2, 0.25) is 0 Å². The Balaban J connectivity index is 1.53. The number of nitrogens with one attached hydrogen (secondary N) is 1. The Bertz CT molecular complexity index is 1890. The lowest BCUT2D eigenvalue weighted by Gasteiger charge is -2.40. The molecule has 1 aromatic heterocycles. The van der Waals surface area contributed by atoms with Crippen LogP contribution in [0, 0.1) is 20.8 Å². The molecule has 41 heavy (non-hydrogen) atoms. The number of hydrogen-bond donors (Lipinski definition) is 2. The molecule has 7 nitrogen and oxygen atoms in total. The zero-order chi connectivity index (χ0) is 28.2. The molecule has 0 spiro atoms. The molecule has 3 heterocycles. The van der Waals surface area contributed by atoms with Crippen LogP contribution >= 0.6 is 15.9 Å². The van der Waals surface area contributed by atoms with Gasteiger partial charge in [-0.1, -0.05) is 58.4 Å². The van der Waals surface area contributed by atoms with Gasteiger partial charge < -0.3 is 15.3 Å². The Kier molecular flexibility index (Phi) is 6.01. The molecule has 8 heteroatoms. The summed E-state index contributed by atoms with van der Waals surface area (Å²) >= 11 is 3.64. The number of aryl methyl sites for hydroxylation is 3. The van der Waals surface area contributed by atoms with Gasteiger partial charge in [0.05, 0.1) is 28.8 Å². The predicted octanol–water partition coefficient (Wildman–Crippen LogP) is 8.06. The second-order valence-corrected chi connectivity index (χ2v) is 11.3. The minimum atomic E-state index is -0.417. The molecule has 5 aromatic rings. The molecule has 202 valence electrons. The summed E-state index contributed by atoms with van der Waals surface area (Å²) in [5.41, 5.74) is 8.34. The van der Waals surface area contributed by atoms with Gasteiger partial charge >= 0.3 is 0 Å². The number of phenols is 1. The molecule has 2 aliphatic rings. The quantitative estimate of drug-likeness (QED) is 0.219. The highest BCUT2D eigenvalue weighted by Gasteiger charge is 2.42. The zero-order valence-electron chi connectivity index (χ0n) is 22.8. The minimum Gasteiger partial charge on any atom is -0.508 e. The van der Waals surface area contributed by atoms with Crippen molar-refractivity contribution in [2.75, 3.05) is 10.2 Å². The van der Waals surface area contributed by atoms with E-state index in [1.165, 1.54) is 0 Å². The summed E-state index contributed by atoms with van der Waals surface area (Å²) in [7, 11) is 0. The van der Waals surface area contributed by atoms with E-state index >= 15 is 0 Å². The van der Waals surface area contributed by atoms with Gasteiger partial charge in [-0.3, -0.25) is 0 Å². The third kappa shape index (κ3) is 4.22. The van der Waals surface area contributed by atoms with Gasteiger partial charge in [-0.05, 0) is 80.4 Å². The number of para-hydroxylation sites is 3. The Morgan fingerprint density at radius 2 is 1.63 bits per heavy atom. The predicted molar refractivity (Wildman–Crippen MR) is 169 cm³/mol. The molecule has 2 N–H and O–H groups in total. The van der Waals surface area contributed by atoms with Crippen LogP contribution in [-0.4, -0.2) is 26.6 Å². The fourth-order valence-corrected chi connectivity index (χ4v) is 5.96. The molecule has 0 amide bonds. The van der Waals surface area contributed by atoms with Gasteiger partial charge in [-0.15, -0.1) is 0 Å². The molecular weight excluding hydrogens is 576 g/mol. The lowest BCUT2D eigenvalue weighted by molar-refractivity contribution is 0.465. The lowest BCUT2D eigenvalue weighted by Crippen LogP contribution is -2.46. The van der Waals surface area contributed by atoms with E-state index in [2.05, 4.69) is 58.2 Å². The average Bonchev–Trinajstić information content (AvgIpc) is 3.31. The number of nitrogens with zero attached hydrogens (tertiary/aromatic N) is 5. The van der Waals surface area contributed by atoms with Gasteiger partial charge in [-0.2, -0.15) is 5.10 Å². The number of anilines is 2. The van der Waals surface area contributed by atoms with Crippen molar-refractivity contribution in [1.29, 1.82) is 0 Å². The Labute approximate surface area is 246 Å². The number of aromatic hydroxyl groups is 1.